The van der Waals surface area contributed by atoms with Crippen LogP contribution in [-0.2, 0) is 4.79 Å². The fraction of sp³-hybridized carbons (Fsp3) is 0.632. The molecule has 0 radical (unpaired) electrons. The van der Waals surface area contributed by atoms with Crippen LogP contribution in [0.5, 0.6) is 0 Å². The molecule has 1 saturated heterocycles. The Morgan fingerprint density at radius 1 is 1.24 bits per heavy atom. The molecule has 0 aromatic heterocycles. The van der Waals surface area contributed by atoms with Gasteiger partial charge in [0.2, 0.25) is 5.91 Å². The van der Waals surface area contributed by atoms with E-state index in [-0.39, 0.29) is 30.7 Å². The van der Waals surface area contributed by atoms with Gasteiger partial charge in [-0.15, -0.1) is 24.8 Å². The zero-order valence-electron chi connectivity index (χ0n) is 15.7. The summed E-state index contributed by atoms with van der Waals surface area (Å²) in [4.78, 5) is 14.5. The van der Waals surface area contributed by atoms with Gasteiger partial charge in [0.15, 0.2) is 0 Å². The van der Waals surface area contributed by atoms with Crippen LogP contribution in [0.15, 0.2) is 24.3 Å². The van der Waals surface area contributed by atoms with Crippen LogP contribution in [0.1, 0.15) is 40.0 Å². The van der Waals surface area contributed by atoms with Crippen LogP contribution in [0.25, 0.3) is 0 Å². The van der Waals surface area contributed by atoms with E-state index in [4.69, 9.17) is 0 Å². The zero-order chi connectivity index (χ0) is 16.8. The maximum absolute atomic E-state index is 12.3. The molecule has 1 aliphatic heterocycles. The van der Waals surface area contributed by atoms with Gasteiger partial charge in [0.05, 0.1) is 0 Å². The van der Waals surface area contributed by atoms with E-state index in [1.807, 2.05) is 18.2 Å². The number of carbonyl (C=O) groups excluding carboxylic acids is 1. The molecule has 25 heavy (non-hydrogen) atoms. The van der Waals surface area contributed by atoms with E-state index >= 15 is 0 Å². The van der Waals surface area contributed by atoms with Crippen molar-refractivity contribution in [2.75, 3.05) is 30.4 Å². The normalized spacial score (nSPS) is 15.7. The Balaban J connectivity index is 0.00000288. The molecule has 1 atom stereocenters. The molecular weight excluding hydrogens is 357 g/mol. The summed E-state index contributed by atoms with van der Waals surface area (Å²) >= 11 is 0. The first kappa shape index (κ1) is 24.0. The van der Waals surface area contributed by atoms with E-state index in [9.17, 15) is 4.79 Å². The van der Waals surface area contributed by atoms with E-state index in [2.05, 4.69) is 49.4 Å². The minimum absolute atomic E-state index is 0. The van der Waals surface area contributed by atoms with Gasteiger partial charge in [0.25, 0.3) is 0 Å². The van der Waals surface area contributed by atoms with E-state index in [0.717, 1.165) is 24.5 Å². The van der Waals surface area contributed by atoms with Gasteiger partial charge >= 0.3 is 0 Å². The minimum Gasteiger partial charge on any atom is -0.372 e. The Morgan fingerprint density at radius 3 is 2.48 bits per heavy atom. The van der Waals surface area contributed by atoms with Crippen molar-refractivity contribution >= 4 is 42.1 Å². The topological polar surface area (TPSA) is 44.4 Å². The first-order chi connectivity index (χ1) is 11.0. The average molecular weight is 390 g/mol. The number of amides is 1. The molecular formula is C19H33Cl2N3O. The second-order valence-corrected chi connectivity index (χ2v) is 7.07. The minimum atomic E-state index is 0. The van der Waals surface area contributed by atoms with E-state index in [1.54, 1.807) is 0 Å². The number of nitrogens with zero attached hydrogens (tertiary/aromatic N) is 1. The van der Waals surface area contributed by atoms with E-state index in [0.29, 0.717) is 24.3 Å². The molecule has 2 N–H and O–H groups in total. The standard InChI is InChI=1S/C19H31N3O.2ClH/c1-14(2)22(4)18-7-5-6-17(13-18)21-19(23)12-15(3)16-8-10-20-11-9-16;;/h5-7,13-16,20H,8-12H2,1-4H3,(H,21,23);2*1H. The van der Waals surface area contributed by atoms with Gasteiger partial charge in [0.1, 0.15) is 0 Å². The molecule has 1 unspecified atom stereocenters. The van der Waals surface area contributed by atoms with Crippen molar-refractivity contribution in [2.24, 2.45) is 11.8 Å². The Labute approximate surface area is 164 Å². The maximum Gasteiger partial charge on any atom is 0.224 e. The Kier molecular flexibility index (Phi) is 11.2. The van der Waals surface area contributed by atoms with Gasteiger partial charge in [-0.25, -0.2) is 0 Å². The maximum atomic E-state index is 12.3. The van der Waals surface area contributed by atoms with Crippen molar-refractivity contribution in [3.05, 3.63) is 24.3 Å². The van der Waals surface area contributed by atoms with Gasteiger partial charge in [0, 0.05) is 30.9 Å². The van der Waals surface area contributed by atoms with Crippen molar-refractivity contribution in [1.29, 1.82) is 0 Å². The molecule has 1 aromatic carbocycles. The number of hydrogen-bond acceptors (Lipinski definition) is 3. The molecule has 4 nitrogen and oxygen atoms in total. The highest BCUT2D eigenvalue weighted by Gasteiger charge is 2.22. The number of carbonyl (C=O) groups is 1. The average Bonchev–Trinajstić information content (AvgIpc) is 2.55. The van der Waals surface area contributed by atoms with Crippen LogP contribution in [0.4, 0.5) is 11.4 Å². The quantitative estimate of drug-likeness (QED) is 0.760. The second-order valence-electron chi connectivity index (χ2n) is 7.07. The fourth-order valence-electron chi connectivity index (χ4n) is 3.19. The lowest BCUT2D eigenvalue weighted by Gasteiger charge is -2.28. The van der Waals surface area contributed by atoms with Crippen molar-refractivity contribution < 1.29 is 4.79 Å². The van der Waals surface area contributed by atoms with Crippen LogP contribution in [0.2, 0.25) is 0 Å². The van der Waals surface area contributed by atoms with Gasteiger partial charge in [-0.3, -0.25) is 4.79 Å². The zero-order valence-corrected chi connectivity index (χ0v) is 17.4. The summed E-state index contributed by atoms with van der Waals surface area (Å²) in [6.45, 7) is 8.69. The van der Waals surface area contributed by atoms with Gasteiger partial charge < -0.3 is 15.5 Å². The first-order valence-corrected chi connectivity index (χ1v) is 8.81. The number of rotatable bonds is 6. The summed E-state index contributed by atoms with van der Waals surface area (Å²) in [5.74, 6) is 1.24. The van der Waals surface area contributed by atoms with Crippen molar-refractivity contribution in [1.82, 2.24) is 5.32 Å². The highest BCUT2D eigenvalue weighted by Crippen LogP contribution is 2.25. The third-order valence-corrected chi connectivity index (χ3v) is 5.01. The Bertz CT molecular complexity index is 519. The summed E-state index contributed by atoms with van der Waals surface area (Å²) < 4.78 is 0. The smallest absolute Gasteiger partial charge is 0.224 e. The summed E-state index contributed by atoms with van der Waals surface area (Å²) in [5.41, 5.74) is 2.02. The van der Waals surface area contributed by atoms with E-state index < -0.39 is 0 Å². The van der Waals surface area contributed by atoms with Crippen molar-refractivity contribution in [3.63, 3.8) is 0 Å². The number of benzene rings is 1. The number of anilines is 2. The van der Waals surface area contributed by atoms with Gasteiger partial charge in [-0.1, -0.05) is 13.0 Å². The lowest BCUT2D eigenvalue weighted by Crippen LogP contribution is -2.32. The predicted octanol–water partition coefficient (Wildman–Crippen LogP) is 4.34. The van der Waals surface area contributed by atoms with Gasteiger partial charge in [-0.05, 0) is 69.8 Å². The molecule has 1 fully saturated rings. The third kappa shape index (κ3) is 7.43. The van der Waals surface area contributed by atoms with Crippen LogP contribution < -0.4 is 15.5 Å². The molecule has 1 aliphatic rings. The highest BCUT2D eigenvalue weighted by molar-refractivity contribution is 5.91. The molecule has 1 aromatic rings. The number of piperidine rings is 1. The molecule has 0 aliphatic carbocycles. The number of nitrogens with one attached hydrogen (secondary N) is 2. The predicted molar refractivity (Wildman–Crippen MR) is 112 cm³/mol. The molecule has 0 saturated carbocycles. The highest BCUT2D eigenvalue weighted by atomic mass is 35.5. The van der Waals surface area contributed by atoms with E-state index in [1.165, 1.54) is 12.8 Å². The van der Waals surface area contributed by atoms with Crippen molar-refractivity contribution in [2.45, 2.75) is 46.1 Å². The molecule has 144 valence electrons. The molecule has 2 rings (SSSR count). The lowest BCUT2D eigenvalue weighted by atomic mass is 9.84. The molecule has 1 heterocycles. The monoisotopic (exact) mass is 389 g/mol. The Morgan fingerprint density at radius 2 is 1.88 bits per heavy atom. The first-order valence-electron chi connectivity index (χ1n) is 8.81. The molecule has 6 heteroatoms. The lowest BCUT2D eigenvalue weighted by molar-refractivity contribution is -0.117. The van der Waals surface area contributed by atoms with Gasteiger partial charge in [-0.2, -0.15) is 0 Å². The summed E-state index contributed by atoms with van der Waals surface area (Å²) in [5, 5.41) is 6.45. The van der Waals surface area contributed by atoms with Crippen LogP contribution in [0.3, 0.4) is 0 Å². The summed E-state index contributed by atoms with van der Waals surface area (Å²) in [7, 11) is 2.07. The number of hydrogen-bond donors (Lipinski definition) is 2. The molecule has 1 amide bonds. The SMILES string of the molecule is CC(CC(=O)Nc1cccc(N(C)C(C)C)c1)C1CCNCC1.Cl.Cl. The summed E-state index contributed by atoms with van der Waals surface area (Å²) in [6.07, 6.45) is 2.97. The van der Waals surface area contributed by atoms with Crippen molar-refractivity contribution in [3.8, 4) is 0 Å². The number of halogens is 2. The largest absolute Gasteiger partial charge is 0.372 e. The van der Waals surface area contributed by atoms with Crippen LogP contribution in [0, 0.1) is 11.8 Å². The van der Waals surface area contributed by atoms with Crippen LogP contribution >= 0.6 is 24.8 Å². The molecule has 0 bridgehead atoms. The second kappa shape index (κ2) is 11.6. The third-order valence-electron chi connectivity index (χ3n) is 5.01. The Hall–Kier alpha value is -0.970. The van der Waals surface area contributed by atoms with Crippen LogP contribution in [-0.4, -0.2) is 32.1 Å². The fourth-order valence-corrected chi connectivity index (χ4v) is 3.19. The summed E-state index contributed by atoms with van der Waals surface area (Å²) in [6, 6.07) is 8.52. The molecule has 0 spiro atoms.